The molecule has 1 aromatic rings. The van der Waals surface area contributed by atoms with Gasteiger partial charge in [-0.05, 0) is 19.2 Å². The number of thioether (sulfide) groups is 1. The van der Waals surface area contributed by atoms with Crippen molar-refractivity contribution in [1.82, 2.24) is 4.98 Å². The van der Waals surface area contributed by atoms with Crippen molar-refractivity contribution < 1.29 is 9.53 Å². The first-order valence-corrected chi connectivity index (χ1v) is 6.73. The summed E-state index contributed by atoms with van der Waals surface area (Å²) in [6, 6.07) is 1.58. The van der Waals surface area contributed by atoms with Crippen LogP contribution in [0.4, 0.5) is 11.5 Å². The molecule has 0 fully saturated rings. The van der Waals surface area contributed by atoms with Gasteiger partial charge in [-0.25, -0.2) is 9.78 Å². The van der Waals surface area contributed by atoms with E-state index in [1.54, 1.807) is 24.8 Å². The molecule has 0 aliphatic rings. The molecule has 94 valence electrons. The smallest absolute Gasteiger partial charge is 0.341 e. The van der Waals surface area contributed by atoms with E-state index in [2.05, 4.69) is 10.3 Å². The molecule has 0 aliphatic heterocycles. The van der Waals surface area contributed by atoms with Crippen LogP contribution >= 0.6 is 11.8 Å². The van der Waals surface area contributed by atoms with Crippen LogP contribution in [0.25, 0.3) is 0 Å². The Kier molecular flexibility index (Phi) is 5.62. The molecule has 0 saturated carbocycles. The molecule has 0 unspecified atom stereocenters. The van der Waals surface area contributed by atoms with Gasteiger partial charge in [0.1, 0.15) is 11.4 Å². The van der Waals surface area contributed by atoms with Crippen LogP contribution in [0.1, 0.15) is 17.3 Å². The van der Waals surface area contributed by atoms with Gasteiger partial charge in [0.25, 0.3) is 0 Å². The van der Waals surface area contributed by atoms with Crippen LogP contribution in [0.15, 0.2) is 12.3 Å². The zero-order valence-electron chi connectivity index (χ0n) is 10.0. The summed E-state index contributed by atoms with van der Waals surface area (Å²) < 4.78 is 4.95. The van der Waals surface area contributed by atoms with Crippen molar-refractivity contribution in [2.45, 2.75) is 6.92 Å². The number of rotatable bonds is 6. The van der Waals surface area contributed by atoms with Gasteiger partial charge in [0, 0.05) is 12.3 Å². The van der Waals surface area contributed by atoms with Crippen LogP contribution in [0, 0.1) is 0 Å². The second-order valence-electron chi connectivity index (χ2n) is 3.30. The van der Waals surface area contributed by atoms with Crippen LogP contribution in [-0.2, 0) is 4.74 Å². The maximum Gasteiger partial charge on any atom is 0.341 e. The summed E-state index contributed by atoms with van der Waals surface area (Å²) in [5.74, 6) is 1.06. The van der Waals surface area contributed by atoms with Gasteiger partial charge in [0.05, 0.1) is 18.5 Å². The first-order valence-electron chi connectivity index (χ1n) is 5.34. The topological polar surface area (TPSA) is 77.2 Å². The zero-order valence-corrected chi connectivity index (χ0v) is 10.8. The third-order valence-corrected chi connectivity index (χ3v) is 2.62. The Morgan fingerprint density at radius 3 is 3.06 bits per heavy atom. The lowest BCUT2D eigenvalue weighted by Crippen LogP contribution is -2.13. The first kappa shape index (κ1) is 13.6. The summed E-state index contributed by atoms with van der Waals surface area (Å²) >= 11 is 1.72. The minimum absolute atomic E-state index is 0.331. The molecular weight excluding hydrogens is 238 g/mol. The monoisotopic (exact) mass is 255 g/mol. The number of esters is 1. The van der Waals surface area contributed by atoms with Crippen LogP contribution in [0.3, 0.4) is 0 Å². The highest BCUT2D eigenvalue weighted by atomic mass is 32.2. The molecule has 1 heterocycles. The molecular formula is C11H17N3O2S. The van der Waals surface area contributed by atoms with Crippen LogP contribution in [0.2, 0.25) is 0 Å². The number of nitrogens with one attached hydrogen (secondary N) is 1. The lowest BCUT2D eigenvalue weighted by molar-refractivity contribution is 0.0527. The van der Waals surface area contributed by atoms with Crippen molar-refractivity contribution in [2.75, 3.05) is 36.2 Å². The second kappa shape index (κ2) is 7.01. The number of anilines is 2. The Morgan fingerprint density at radius 1 is 1.65 bits per heavy atom. The quantitative estimate of drug-likeness (QED) is 0.594. The molecule has 0 atom stereocenters. The lowest BCUT2D eigenvalue weighted by atomic mass is 10.2. The third-order valence-electron chi connectivity index (χ3n) is 2.00. The Bertz CT molecular complexity index is 385. The Labute approximate surface area is 105 Å². The van der Waals surface area contributed by atoms with E-state index < -0.39 is 5.97 Å². The highest BCUT2D eigenvalue weighted by molar-refractivity contribution is 7.98. The number of pyridine rings is 1. The number of hydrogen-bond acceptors (Lipinski definition) is 6. The number of nitrogens with zero attached hydrogens (tertiary/aromatic N) is 1. The minimum atomic E-state index is -0.404. The van der Waals surface area contributed by atoms with Gasteiger partial charge in [-0.1, -0.05) is 0 Å². The average molecular weight is 255 g/mol. The summed E-state index contributed by atoms with van der Waals surface area (Å²) in [7, 11) is 0. The number of carbonyl (C=O) groups excluding carboxylic acids is 1. The summed E-state index contributed by atoms with van der Waals surface area (Å²) in [5, 5.41) is 3.09. The Balaban J connectivity index is 2.83. The first-order chi connectivity index (χ1) is 8.19. The molecule has 0 bridgehead atoms. The SMILES string of the molecule is CCOC(=O)c1cc(N)cnc1NCCSC. The number of hydrogen-bond donors (Lipinski definition) is 2. The van der Waals surface area contributed by atoms with Gasteiger partial charge < -0.3 is 15.8 Å². The second-order valence-corrected chi connectivity index (χ2v) is 4.29. The molecule has 0 saturated heterocycles. The Morgan fingerprint density at radius 2 is 2.41 bits per heavy atom. The lowest BCUT2D eigenvalue weighted by Gasteiger charge is -2.10. The van der Waals surface area contributed by atoms with Crippen molar-refractivity contribution in [3.05, 3.63) is 17.8 Å². The van der Waals surface area contributed by atoms with Crippen molar-refractivity contribution in [2.24, 2.45) is 0 Å². The summed E-state index contributed by atoms with van der Waals surface area (Å²) in [6.07, 6.45) is 3.54. The van der Waals surface area contributed by atoms with Crippen LogP contribution < -0.4 is 11.1 Å². The third kappa shape index (κ3) is 4.14. The van der Waals surface area contributed by atoms with Crippen molar-refractivity contribution in [3.8, 4) is 0 Å². The van der Waals surface area contributed by atoms with Crippen molar-refractivity contribution in [1.29, 1.82) is 0 Å². The number of nitrogen functional groups attached to an aromatic ring is 1. The molecule has 0 radical (unpaired) electrons. The number of carbonyl (C=O) groups is 1. The Hall–Kier alpha value is -1.43. The fourth-order valence-electron chi connectivity index (χ4n) is 1.26. The molecule has 1 aromatic heterocycles. The van der Waals surface area contributed by atoms with Crippen molar-refractivity contribution >= 4 is 29.2 Å². The molecule has 0 amide bonds. The zero-order chi connectivity index (χ0) is 12.7. The average Bonchev–Trinajstić information content (AvgIpc) is 2.31. The minimum Gasteiger partial charge on any atom is -0.462 e. The molecule has 5 nitrogen and oxygen atoms in total. The van der Waals surface area contributed by atoms with E-state index in [-0.39, 0.29) is 0 Å². The van der Waals surface area contributed by atoms with E-state index in [1.807, 2.05) is 6.26 Å². The molecule has 0 aromatic carbocycles. The molecule has 3 N–H and O–H groups in total. The largest absolute Gasteiger partial charge is 0.462 e. The highest BCUT2D eigenvalue weighted by Crippen LogP contribution is 2.16. The van der Waals surface area contributed by atoms with Gasteiger partial charge in [-0.3, -0.25) is 0 Å². The van der Waals surface area contributed by atoms with Crippen molar-refractivity contribution in [3.63, 3.8) is 0 Å². The number of nitrogens with two attached hydrogens (primary N) is 1. The van der Waals surface area contributed by atoms with Gasteiger partial charge in [0.2, 0.25) is 0 Å². The predicted octanol–water partition coefficient (Wildman–Crippen LogP) is 1.62. The standard InChI is InChI=1S/C11H17N3O2S/c1-3-16-11(15)9-6-8(12)7-14-10(9)13-4-5-17-2/h6-7H,3-5,12H2,1-2H3,(H,13,14). The van der Waals surface area contributed by atoms with Gasteiger partial charge >= 0.3 is 5.97 Å². The molecule has 17 heavy (non-hydrogen) atoms. The van der Waals surface area contributed by atoms with E-state index in [4.69, 9.17) is 10.5 Å². The predicted molar refractivity (Wildman–Crippen MR) is 71.5 cm³/mol. The summed E-state index contributed by atoms with van der Waals surface area (Å²) in [5.41, 5.74) is 6.44. The summed E-state index contributed by atoms with van der Waals surface area (Å²) in [6.45, 7) is 2.83. The van der Waals surface area contributed by atoms with Crippen LogP contribution in [-0.4, -0.2) is 36.1 Å². The number of ether oxygens (including phenoxy) is 1. The van der Waals surface area contributed by atoms with E-state index in [0.717, 1.165) is 12.3 Å². The molecule has 0 spiro atoms. The van der Waals surface area contributed by atoms with E-state index in [0.29, 0.717) is 23.7 Å². The van der Waals surface area contributed by atoms with Gasteiger partial charge in [0.15, 0.2) is 0 Å². The molecule has 1 rings (SSSR count). The van der Waals surface area contributed by atoms with Gasteiger partial charge in [-0.2, -0.15) is 11.8 Å². The maximum atomic E-state index is 11.7. The number of aromatic nitrogens is 1. The normalized spacial score (nSPS) is 10.0. The molecule has 6 heteroatoms. The van der Waals surface area contributed by atoms with E-state index in [1.165, 1.54) is 6.20 Å². The summed E-state index contributed by atoms with van der Waals surface area (Å²) in [4.78, 5) is 15.8. The fourth-order valence-corrected chi connectivity index (χ4v) is 1.56. The maximum absolute atomic E-state index is 11.7. The highest BCUT2D eigenvalue weighted by Gasteiger charge is 2.13. The fraction of sp³-hybridized carbons (Fsp3) is 0.455. The van der Waals surface area contributed by atoms with Gasteiger partial charge in [-0.15, -0.1) is 0 Å². The van der Waals surface area contributed by atoms with Crippen LogP contribution in [0.5, 0.6) is 0 Å². The molecule has 0 aliphatic carbocycles. The van der Waals surface area contributed by atoms with E-state index in [9.17, 15) is 4.79 Å². The van der Waals surface area contributed by atoms with E-state index >= 15 is 0 Å².